The van der Waals surface area contributed by atoms with E-state index in [1.54, 1.807) is 35.4 Å². The summed E-state index contributed by atoms with van der Waals surface area (Å²) in [6.07, 6.45) is 5.16. The molecule has 8 heteroatoms. The molecule has 1 aromatic carbocycles. The first kappa shape index (κ1) is 25.4. The second-order valence-electron chi connectivity index (χ2n) is 8.95. The second kappa shape index (κ2) is 11.3. The van der Waals surface area contributed by atoms with Crippen LogP contribution in [-0.2, 0) is 6.54 Å². The molecular weight excluding hydrogens is 434 g/mol. The molecule has 3 rings (SSSR count). The quantitative estimate of drug-likeness (QED) is 0.615. The molecule has 0 fully saturated rings. The number of likely N-dealkylation sites (N-methyl/N-ethyl adjacent to an activating group) is 1. The van der Waals surface area contributed by atoms with E-state index in [0.29, 0.717) is 25.2 Å². The summed E-state index contributed by atoms with van der Waals surface area (Å²) < 4.78 is 6.30. The molecule has 1 amide bonds. The maximum Gasteiger partial charge on any atom is 0.335 e. The number of amides is 1. The third kappa shape index (κ3) is 6.01. The molecular formula is C26H33N3O5. The van der Waals surface area contributed by atoms with E-state index in [0.717, 1.165) is 11.1 Å². The number of aliphatic hydroxyl groups excluding tert-OH is 1. The zero-order valence-electron chi connectivity index (χ0n) is 20.1. The van der Waals surface area contributed by atoms with Crippen LogP contribution < -0.4 is 4.74 Å². The van der Waals surface area contributed by atoms with Crippen LogP contribution in [0.3, 0.4) is 0 Å². The summed E-state index contributed by atoms with van der Waals surface area (Å²) in [5.74, 6) is -0.911. The van der Waals surface area contributed by atoms with Gasteiger partial charge in [0.1, 0.15) is 11.7 Å². The lowest BCUT2D eigenvalue weighted by atomic mass is 9.99. The number of nitrogens with zero attached hydrogens (tertiary/aromatic N) is 3. The number of aliphatic hydroxyl groups is 1. The summed E-state index contributed by atoms with van der Waals surface area (Å²) in [5, 5.41) is 19.0. The van der Waals surface area contributed by atoms with Crippen LogP contribution in [0.2, 0.25) is 0 Å². The van der Waals surface area contributed by atoms with Gasteiger partial charge in [0, 0.05) is 31.7 Å². The van der Waals surface area contributed by atoms with Crippen LogP contribution in [0.15, 0.2) is 42.6 Å². The highest BCUT2D eigenvalue weighted by Crippen LogP contribution is 2.28. The maximum atomic E-state index is 13.4. The third-order valence-electron chi connectivity index (χ3n) is 6.02. The van der Waals surface area contributed by atoms with Gasteiger partial charge in [0.05, 0.1) is 18.2 Å². The molecule has 2 heterocycles. The number of carbonyl (C=O) groups excluding carboxylic acids is 1. The van der Waals surface area contributed by atoms with Crippen molar-refractivity contribution in [3.05, 3.63) is 64.9 Å². The molecule has 0 saturated heterocycles. The van der Waals surface area contributed by atoms with E-state index in [1.165, 1.54) is 0 Å². The van der Waals surface area contributed by atoms with Crippen molar-refractivity contribution < 1.29 is 24.5 Å². The summed E-state index contributed by atoms with van der Waals surface area (Å²) in [5.41, 5.74) is 2.32. The van der Waals surface area contributed by atoms with Crippen molar-refractivity contribution in [3.63, 3.8) is 0 Å². The number of allylic oxidation sites excluding steroid dienone is 1. The van der Waals surface area contributed by atoms with Gasteiger partial charge in [-0.2, -0.15) is 0 Å². The van der Waals surface area contributed by atoms with Crippen LogP contribution >= 0.6 is 0 Å². The molecule has 0 bridgehead atoms. The Morgan fingerprint density at radius 3 is 2.82 bits per heavy atom. The molecule has 1 aliphatic rings. The lowest BCUT2D eigenvalue weighted by Gasteiger charge is -2.37. The SMILES string of the molecule is C/C=C/c1cnc2c(c1)C(=O)N([C@H](C)CO)C[C@@H](C)[C@@H](CN(C)Cc1cccc(C(=O)O)c1)O2. The van der Waals surface area contributed by atoms with Gasteiger partial charge in [0.25, 0.3) is 5.91 Å². The van der Waals surface area contributed by atoms with E-state index >= 15 is 0 Å². The molecule has 0 unspecified atom stereocenters. The van der Waals surface area contributed by atoms with Gasteiger partial charge in [-0.3, -0.25) is 9.69 Å². The number of aromatic nitrogens is 1. The average Bonchev–Trinajstić information content (AvgIpc) is 2.81. The minimum atomic E-state index is -0.954. The normalized spacial score (nSPS) is 19.5. The van der Waals surface area contributed by atoms with Gasteiger partial charge in [-0.15, -0.1) is 0 Å². The molecule has 1 aliphatic heterocycles. The standard InChI is InChI=1S/C26H33N3O5/c1-5-7-19-11-22-24(27-12-19)34-23(17(2)13-29(25(22)31)18(3)16-30)15-28(4)14-20-8-6-9-21(10-20)26(32)33/h5-12,17-18,23,30H,13-16H2,1-4H3,(H,32,33)/b7-5+/t17-,18-,23-/m1/s1. The molecule has 0 spiro atoms. The molecule has 0 radical (unpaired) electrons. The number of fused-ring (bicyclic) bond motifs is 1. The monoisotopic (exact) mass is 467 g/mol. The predicted octanol–water partition coefficient (Wildman–Crippen LogP) is 3.17. The Bertz CT molecular complexity index is 1050. The van der Waals surface area contributed by atoms with Crippen molar-refractivity contribution in [2.75, 3.05) is 26.7 Å². The number of benzene rings is 1. The smallest absolute Gasteiger partial charge is 0.335 e. The largest absolute Gasteiger partial charge is 0.478 e. The van der Waals surface area contributed by atoms with Crippen LogP contribution in [0.4, 0.5) is 0 Å². The minimum Gasteiger partial charge on any atom is -0.478 e. The molecule has 3 atom stereocenters. The lowest BCUT2D eigenvalue weighted by molar-refractivity contribution is 0.0325. The Balaban J connectivity index is 1.87. The van der Waals surface area contributed by atoms with E-state index in [4.69, 9.17) is 4.74 Å². The van der Waals surface area contributed by atoms with E-state index in [9.17, 15) is 19.8 Å². The number of pyridine rings is 1. The fraction of sp³-hybridized carbons (Fsp3) is 0.423. The third-order valence-corrected chi connectivity index (χ3v) is 6.02. The number of hydrogen-bond acceptors (Lipinski definition) is 6. The average molecular weight is 468 g/mol. The van der Waals surface area contributed by atoms with Gasteiger partial charge in [-0.05, 0) is 50.2 Å². The fourth-order valence-corrected chi connectivity index (χ4v) is 4.11. The zero-order valence-corrected chi connectivity index (χ0v) is 20.1. The predicted molar refractivity (Wildman–Crippen MR) is 130 cm³/mol. The van der Waals surface area contributed by atoms with Gasteiger partial charge < -0.3 is 19.8 Å². The van der Waals surface area contributed by atoms with Gasteiger partial charge in [-0.25, -0.2) is 9.78 Å². The minimum absolute atomic E-state index is 0.0316. The highest BCUT2D eigenvalue weighted by atomic mass is 16.5. The second-order valence-corrected chi connectivity index (χ2v) is 8.95. The summed E-state index contributed by atoms with van der Waals surface area (Å²) in [6.45, 7) is 7.13. The van der Waals surface area contributed by atoms with Crippen molar-refractivity contribution >= 4 is 18.0 Å². The number of carboxylic acids is 1. The first-order valence-corrected chi connectivity index (χ1v) is 11.5. The summed E-state index contributed by atoms with van der Waals surface area (Å²) in [7, 11) is 1.95. The van der Waals surface area contributed by atoms with Gasteiger partial charge in [0.2, 0.25) is 5.88 Å². The molecule has 182 valence electrons. The van der Waals surface area contributed by atoms with E-state index in [1.807, 2.05) is 46.0 Å². The van der Waals surface area contributed by atoms with Gasteiger partial charge >= 0.3 is 5.97 Å². The van der Waals surface area contributed by atoms with Crippen molar-refractivity contribution in [1.82, 2.24) is 14.8 Å². The topological polar surface area (TPSA) is 103 Å². The number of hydrogen-bond donors (Lipinski definition) is 2. The van der Waals surface area contributed by atoms with Crippen molar-refractivity contribution in [3.8, 4) is 5.88 Å². The van der Waals surface area contributed by atoms with Crippen LogP contribution in [0.1, 0.15) is 52.6 Å². The first-order chi connectivity index (χ1) is 16.2. The zero-order chi connectivity index (χ0) is 24.8. The number of carboxylic acid groups (broad SMARTS) is 1. The van der Waals surface area contributed by atoms with E-state index < -0.39 is 5.97 Å². The fourth-order valence-electron chi connectivity index (χ4n) is 4.11. The highest BCUT2D eigenvalue weighted by Gasteiger charge is 2.34. The van der Waals surface area contributed by atoms with Crippen LogP contribution in [0.5, 0.6) is 5.88 Å². The van der Waals surface area contributed by atoms with Gasteiger partial charge in [-0.1, -0.05) is 31.2 Å². The molecule has 0 saturated carbocycles. The van der Waals surface area contributed by atoms with Crippen molar-refractivity contribution in [1.29, 1.82) is 0 Å². The number of aromatic carboxylic acids is 1. The molecule has 2 N–H and O–H groups in total. The first-order valence-electron chi connectivity index (χ1n) is 11.5. The Hall–Kier alpha value is -3.23. The summed E-state index contributed by atoms with van der Waals surface area (Å²) in [4.78, 5) is 32.9. The van der Waals surface area contributed by atoms with Crippen molar-refractivity contribution in [2.24, 2.45) is 5.92 Å². The summed E-state index contributed by atoms with van der Waals surface area (Å²) in [6, 6.07) is 8.31. The van der Waals surface area contributed by atoms with Gasteiger partial charge in [0.15, 0.2) is 0 Å². The van der Waals surface area contributed by atoms with Crippen molar-refractivity contribution in [2.45, 2.75) is 39.5 Å². The molecule has 8 nitrogen and oxygen atoms in total. The Kier molecular flexibility index (Phi) is 8.41. The molecule has 1 aromatic heterocycles. The molecule has 34 heavy (non-hydrogen) atoms. The van der Waals surface area contributed by atoms with Crippen LogP contribution in [-0.4, -0.2) is 75.8 Å². The lowest BCUT2D eigenvalue weighted by Crippen LogP contribution is -2.49. The maximum absolute atomic E-state index is 13.4. The van der Waals surface area contributed by atoms with E-state index in [-0.39, 0.29) is 42.0 Å². The molecule has 0 aliphatic carbocycles. The van der Waals surface area contributed by atoms with Crippen LogP contribution in [0, 0.1) is 5.92 Å². The molecule has 2 aromatic rings. The summed E-state index contributed by atoms with van der Waals surface area (Å²) >= 11 is 0. The van der Waals surface area contributed by atoms with E-state index in [2.05, 4.69) is 9.88 Å². The number of ether oxygens (including phenoxy) is 1. The number of rotatable bonds is 8. The number of carbonyl (C=O) groups is 2. The Morgan fingerprint density at radius 2 is 2.15 bits per heavy atom. The van der Waals surface area contributed by atoms with Crippen LogP contribution in [0.25, 0.3) is 6.08 Å². The highest BCUT2D eigenvalue weighted by molar-refractivity contribution is 5.97. The Labute approximate surface area is 200 Å². The Morgan fingerprint density at radius 1 is 1.38 bits per heavy atom.